The zero-order valence-electron chi connectivity index (χ0n) is 12.6. The summed E-state index contributed by atoms with van der Waals surface area (Å²) in [7, 11) is 4.01. The lowest BCUT2D eigenvalue weighted by Gasteiger charge is -2.29. The van der Waals surface area contributed by atoms with E-state index >= 15 is 0 Å². The number of carbonyl (C=O) groups excluding carboxylic acids is 1. The molecule has 2 unspecified atom stereocenters. The predicted octanol–water partition coefficient (Wildman–Crippen LogP) is 2.47. The van der Waals surface area contributed by atoms with Gasteiger partial charge in [0, 0.05) is 37.9 Å². The van der Waals surface area contributed by atoms with Crippen LogP contribution in [0.25, 0.3) is 0 Å². The fraction of sp³-hybridized carbons (Fsp3) is 0.562. The SMILES string of the molecule is CC1CCCNC1CC(=O)Nc1ccc(N(C)C)cc1. The quantitative estimate of drug-likeness (QED) is 0.887. The minimum absolute atomic E-state index is 0.0915. The van der Waals surface area contributed by atoms with Crippen molar-refractivity contribution in [1.29, 1.82) is 0 Å². The van der Waals surface area contributed by atoms with Crippen molar-refractivity contribution in [2.75, 3.05) is 30.9 Å². The van der Waals surface area contributed by atoms with E-state index in [2.05, 4.69) is 17.6 Å². The van der Waals surface area contributed by atoms with Gasteiger partial charge in [0.1, 0.15) is 0 Å². The number of rotatable bonds is 4. The first-order valence-corrected chi connectivity index (χ1v) is 7.37. The van der Waals surface area contributed by atoms with Gasteiger partial charge in [-0.25, -0.2) is 0 Å². The number of carbonyl (C=O) groups is 1. The smallest absolute Gasteiger partial charge is 0.225 e. The monoisotopic (exact) mass is 275 g/mol. The summed E-state index contributed by atoms with van der Waals surface area (Å²) in [6.07, 6.45) is 2.98. The van der Waals surface area contributed by atoms with Crippen molar-refractivity contribution in [3.05, 3.63) is 24.3 Å². The summed E-state index contributed by atoms with van der Waals surface area (Å²) in [5, 5.41) is 6.42. The van der Waals surface area contributed by atoms with Gasteiger partial charge in [0.15, 0.2) is 0 Å². The van der Waals surface area contributed by atoms with Crippen LogP contribution in [0.3, 0.4) is 0 Å². The molecule has 1 aliphatic heterocycles. The van der Waals surface area contributed by atoms with Crippen LogP contribution < -0.4 is 15.5 Å². The highest BCUT2D eigenvalue weighted by Crippen LogP contribution is 2.19. The molecule has 20 heavy (non-hydrogen) atoms. The summed E-state index contributed by atoms with van der Waals surface area (Å²) in [5.41, 5.74) is 2.00. The lowest BCUT2D eigenvalue weighted by atomic mass is 9.90. The van der Waals surface area contributed by atoms with Gasteiger partial charge >= 0.3 is 0 Å². The Morgan fingerprint density at radius 2 is 2.05 bits per heavy atom. The largest absolute Gasteiger partial charge is 0.378 e. The van der Waals surface area contributed by atoms with E-state index in [0.717, 1.165) is 17.9 Å². The van der Waals surface area contributed by atoms with Gasteiger partial charge in [0.25, 0.3) is 0 Å². The average Bonchev–Trinajstić information content (AvgIpc) is 2.42. The Balaban J connectivity index is 1.87. The van der Waals surface area contributed by atoms with E-state index in [4.69, 9.17) is 0 Å². The molecule has 1 aliphatic rings. The zero-order valence-corrected chi connectivity index (χ0v) is 12.6. The van der Waals surface area contributed by atoms with Crippen LogP contribution in [0, 0.1) is 5.92 Å². The summed E-state index contributed by atoms with van der Waals surface area (Å²) in [6.45, 7) is 3.25. The molecule has 1 heterocycles. The van der Waals surface area contributed by atoms with Crippen molar-refractivity contribution in [3.8, 4) is 0 Å². The summed E-state index contributed by atoms with van der Waals surface area (Å²) in [4.78, 5) is 14.1. The Hall–Kier alpha value is -1.55. The van der Waals surface area contributed by atoms with E-state index in [-0.39, 0.29) is 5.91 Å². The van der Waals surface area contributed by atoms with Crippen molar-refractivity contribution in [2.24, 2.45) is 5.92 Å². The zero-order chi connectivity index (χ0) is 14.5. The van der Waals surface area contributed by atoms with Crippen LogP contribution in [-0.4, -0.2) is 32.6 Å². The van der Waals surface area contributed by atoms with Crippen molar-refractivity contribution in [1.82, 2.24) is 5.32 Å². The van der Waals surface area contributed by atoms with Crippen molar-refractivity contribution < 1.29 is 4.79 Å². The molecule has 2 atom stereocenters. The van der Waals surface area contributed by atoms with Crippen LogP contribution in [0.4, 0.5) is 11.4 Å². The third-order valence-corrected chi connectivity index (χ3v) is 4.00. The number of nitrogens with zero attached hydrogens (tertiary/aromatic N) is 1. The fourth-order valence-electron chi connectivity index (χ4n) is 2.64. The van der Waals surface area contributed by atoms with Crippen molar-refractivity contribution in [3.63, 3.8) is 0 Å². The molecule has 1 aromatic carbocycles. The summed E-state index contributed by atoms with van der Waals surface area (Å²) < 4.78 is 0. The molecule has 2 rings (SSSR count). The third kappa shape index (κ3) is 3.97. The highest BCUT2D eigenvalue weighted by atomic mass is 16.1. The second kappa shape index (κ2) is 6.75. The molecular weight excluding hydrogens is 250 g/mol. The maximum Gasteiger partial charge on any atom is 0.225 e. The maximum absolute atomic E-state index is 12.1. The second-order valence-corrected chi connectivity index (χ2v) is 5.87. The molecule has 0 aromatic heterocycles. The number of anilines is 2. The minimum Gasteiger partial charge on any atom is -0.378 e. The van der Waals surface area contributed by atoms with Crippen molar-refractivity contribution in [2.45, 2.75) is 32.2 Å². The lowest BCUT2D eigenvalue weighted by molar-refractivity contribution is -0.117. The van der Waals surface area contributed by atoms with Crippen LogP contribution in [0.5, 0.6) is 0 Å². The normalized spacial score (nSPS) is 22.4. The highest BCUT2D eigenvalue weighted by Gasteiger charge is 2.23. The van der Waals surface area contributed by atoms with Crippen LogP contribution in [0.2, 0.25) is 0 Å². The molecule has 1 amide bonds. The van der Waals surface area contributed by atoms with Gasteiger partial charge in [-0.1, -0.05) is 6.92 Å². The Bertz CT molecular complexity index is 442. The van der Waals surface area contributed by atoms with Gasteiger partial charge in [-0.2, -0.15) is 0 Å². The standard InChI is InChI=1S/C16H25N3O/c1-12-5-4-10-17-15(12)11-16(20)18-13-6-8-14(9-7-13)19(2)3/h6-9,12,15,17H,4-5,10-11H2,1-3H3,(H,18,20). The van der Waals surface area contributed by atoms with E-state index in [1.165, 1.54) is 12.8 Å². The fourth-order valence-corrected chi connectivity index (χ4v) is 2.64. The Morgan fingerprint density at radius 1 is 1.35 bits per heavy atom. The first-order chi connectivity index (χ1) is 9.56. The van der Waals surface area contributed by atoms with Gasteiger partial charge in [-0.05, 0) is 49.6 Å². The van der Waals surface area contributed by atoms with Crippen LogP contribution in [0.15, 0.2) is 24.3 Å². The summed E-state index contributed by atoms with van der Waals surface area (Å²) in [5.74, 6) is 0.666. The van der Waals surface area contributed by atoms with Crippen LogP contribution >= 0.6 is 0 Å². The molecule has 1 saturated heterocycles. The number of amides is 1. The molecule has 0 aliphatic carbocycles. The molecule has 4 nitrogen and oxygen atoms in total. The highest BCUT2D eigenvalue weighted by molar-refractivity contribution is 5.91. The molecule has 1 aromatic rings. The van der Waals surface area contributed by atoms with Gasteiger partial charge < -0.3 is 15.5 Å². The lowest BCUT2D eigenvalue weighted by Crippen LogP contribution is -2.42. The molecule has 0 saturated carbocycles. The number of hydrogen-bond acceptors (Lipinski definition) is 3. The molecule has 0 radical (unpaired) electrons. The third-order valence-electron chi connectivity index (χ3n) is 4.00. The average molecular weight is 275 g/mol. The Morgan fingerprint density at radius 3 is 2.65 bits per heavy atom. The van der Waals surface area contributed by atoms with Crippen LogP contribution in [-0.2, 0) is 4.79 Å². The van der Waals surface area contributed by atoms with Crippen LogP contribution in [0.1, 0.15) is 26.2 Å². The predicted molar refractivity (Wildman–Crippen MR) is 84.2 cm³/mol. The van der Waals surface area contributed by atoms with E-state index in [9.17, 15) is 4.79 Å². The molecule has 2 N–H and O–H groups in total. The van der Waals surface area contributed by atoms with E-state index in [1.807, 2.05) is 43.3 Å². The topological polar surface area (TPSA) is 44.4 Å². The van der Waals surface area contributed by atoms with E-state index in [0.29, 0.717) is 18.4 Å². The van der Waals surface area contributed by atoms with E-state index in [1.54, 1.807) is 0 Å². The number of nitrogens with one attached hydrogen (secondary N) is 2. The molecule has 4 heteroatoms. The summed E-state index contributed by atoms with van der Waals surface area (Å²) >= 11 is 0. The second-order valence-electron chi connectivity index (χ2n) is 5.87. The molecule has 110 valence electrons. The summed E-state index contributed by atoms with van der Waals surface area (Å²) in [6, 6.07) is 8.23. The van der Waals surface area contributed by atoms with E-state index < -0.39 is 0 Å². The Labute approximate surface area is 121 Å². The van der Waals surface area contributed by atoms with Gasteiger partial charge in [0.2, 0.25) is 5.91 Å². The van der Waals surface area contributed by atoms with Gasteiger partial charge in [-0.15, -0.1) is 0 Å². The first-order valence-electron chi connectivity index (χ1n) is 7.37. The molecule has 0 bridgehead atoms. The molecule has 1 fully saturated rings. The number of hydrogen-bond donors (Lipinski definition) is 2. The number of piperidine rings is 1. The van der Waals surface area contributed by atoms with Crippen molar-refractivity contribution >= 4 is 17.3 Å². The first kappa shape index (κ1) is 14.9. The van der Waals surface area contributed by atoms with Gasteiger partial charge in [0.05, 0.1) is 0 Å². The maximum atomic E-state index is 12.1. The Kier molecular flexibility index (Phi) is 5.01. The number of benzene rings is 1. The molecule has 0 spiro atoms. The molecular formula is C16H25N3O. The van der Waals surface area contributed by atoms with Gasteiger partial charge in [-0.3, -0.25) is 4.79 Å². The minimum atomic E-state index is 0.0915.